The summed E-state index contributed by atoms with van der Waals surface area (Å²) in [5, 5.41) is 0.790. The number of carbonyl (C=O) groups excluding carboxylic acids is 1. The zero-order chi connectivity index (χ0) is 26.3. The van der Waals surface area contributed by atoms with Crippen molar-refractivity contribution in [3.05, 3.63) is 75.8 Å². The van der Waals surface area contributed by atoms with Crippen molar-refractivity contribution in [2.45, 2.75) is 57.3 Å². The number of likely N-dealkylation sites (tertiary alicyclic amines) is 1. The quantitative estimate of drug-likeness (QED) is 0.262. The minimum Gasteiger partial charge on any atom is -0.342 e. The molecule has 198 valence electrons. The molecule has 0 aromatic heterocycles. The molecule has 37 heavy (non-hydrogen) atoms. The van der Waals surface area contributed by atoms with Crippen LogP contribution in [0.3, 0.4) is 0 Å². The Morgan fingerprint density at radius 2 is 1.84 bits per heavy atom. The molecule has 1 amide bonds. The van der Waals surface area contributed by atoms with Crippen molar-refractivity contribution in [3.63, 3.8) is 0 Å². The van der Waals surface area contributed by atoms with Crippen molar-refractivity contribution in [2.75, 3.05) is 30.2 Å². The van der Waals surface area contributed by atoms with Gasteiger partial charge in [0.25, 0.3) is 0 Å². The van der Waals surface area contributed by atoms with E-state index >= 15 is 0 Å². The molecule has 2 atom stereocenters. The lowest BCUT2D eigenvalue weighted by Gasteiger charge is -2.36. The molecule has 3 fully saturated rings. The number of benzene rings is 2. The van der Waals surface area contributed by atoms with Gasteiger partial charge in [0.1, 0.15) is 11.6 Å². The van der Waals surface area contributed by atoms with Crippen molar-refractivity contribution in [2.24, 2.45) is 11.8 Å². The van der Waals surface area contributed by atoms with Gasteiger partial charge in [-0.3, -0.25) is 4.79 Å². The molecule has 1 saturated heterocycles. The fourth-order valence-corrected chi connectivity index (χ4v) is 6.94. The van der Waals surface area contributed by atoms with E-state index < -0.39 is 11.6 Å². The summed E-state index contributed by atoms with van der Waals surface area (Å²) in [5.74, 6) is -0.657. The van der Waals surface area contributed by atoms with Crippen LogP contribution in [0.5, 0.6) is 0 Å². The van der Waals surface area contributed by atoms with Gasteiger partial charge < -0.3 is 9.21 Å². The van der Waals surface area contributed by atoms with Crippen LogP contribution in [0.1, 0.15) is 67.1 Å². The number of anilines is 1. The molecule has 5 rings (SSSR count). The van der Waals surface area contributed by atoms with Gasteiger partial charge in [-0.15, -0.1) is 0 Å². The zero-order valence-electron chi connectivity index (χ0n) is 21.6. The van der Waals surface area contributed by atoms with E-state index in [0.717, 1.165) is 47.5 Å². The van der Waals surface area contributed by atoms with Crippen LogP contribution in [0.15, 0.2) is 42.5 Å². The average Bonchev–Trinajstić information content (AvgIpc) is 3.62. The third-order valence-electron chi connectivity index (χ3n) is 8.35. The first-order valence-electron chi connectivity index (χ1n) is 13.3. The largest absolute Gasteiger partial charge is 0.342 e. The summed E-state index contributed by atoms with van der Waals surface area (Å²) in [6.07, 6.45) is 7.59. The van der Waals surface area contributed by atoms with Gasteiger partial charge in [-0.25, -0.2) is 8.78 Å². The smallest absolute Gasteiger partial charge is 0.226 e. The number of aryl methyl sites for hydroxylation is 1. The summed E-state index contributed by atoms with van der Waals surface area (Å²) in [6, 6.07) is 8.04. The second-order valence-corrected chi connectivity index (χ2v) is 12.2. The number of piperidine rings is 1. The maximum atomic E-state index is 14.6. The Hall–Kier alpha value is -2.05. The van der Waals surface area contributed by atoms with E-state index in [1.807, 2.05) is 4.90 Å². The van der Waals surface area contributed by atoms with E-state index in [2.05, 4.69) is 36.2 Å². The Labute approximate surface area is 228 Å². The van der Waals surface area contributed by atoms with Gasteiger partial charge in [0, 0.05) is 48.8 Å². The summed E-state index contributed by atoms with van der Waals surface area (Å²) < 4.78 is 30.5. The molecule has 2 saturated carbocycles. The highest BCUT2D eigenvalue weighted by Gasteiger charge is 2.40. The predicted molar refractivity (Wildman–Crippen MR) is 149 cm³/mol. The molecule has 1 unspecified atom stereocenters. The summed E-state index contributed by atoms with van der Waals surface area (Å²) >= 11 is 8.36. The summed E-state index contributed by atoms with van der Waals surface area (Å²) in [5.41, 5.74) is 4.99. The average molecular weight is 545 g/mol. The zero-order valence-corrected chi connectivity index (χ0v) is 23.2. The molecule has 3 nitrogen and oxygen atoms in total. The molecule has 3 aliphatic rings. The predicted octanol–water partition coefficient (Wildman–Crippen LogP) is 7.88. The Balaban J connectivity index is 1.31. The van der Waals surface area contributed by atoms with Crippen LogP contribution < -0.4 is 4.31 Å². The van der Waals surface area contributed by atoms with E-state index in [1.165, 1.54) is 36.2 Å². The molecule has 0 N–H and O–H groups in total. The topological polar surface area (TPSA) is 23.6 Å². The second-order valence-electron chi connectivity index (χ2n) is 11.0. The number of hydrogen-bond acceptors (Lipinski definition) is 3. The molecule has 7 heteroatoms. The Bertz CT molecular complexity index is 1190. The SMILES string of the molecule is C=C1CC(C(=O)N2CCC(c3cc(Cl)c(C)cc3N(CC3CC3)SC)CC2)[C@H](c2ccc(F)cc2F)C1. The minimum absolute atomic E-state index is 0.0625. The molecule has 2 aromatic carbocycles. The lowest BCUT2D eigenvalue weighted by molar-refractivity contribution is -0.136. The fraction of sp³-hybridized carbons (Fsp3) is 0.500. The second kappa shape index (κ2) is 11.0. The van der Waals surface area contributed by atoms with E-state index in [4.69, 9.17) is 11.6 Å². The number of amides is 1. The normalized spacial score (nSPS) is 22.5. The van der Waals surface area contributed by atoms with Crippen molar-refractivity contribution >= 4 is 35.1 Å². The van der Waals surface area contributed by atoms with E-state index in [9.17, 15) is 13.6 Å². The first kappa shape index (κ1) is 26.6. The molecule has 0 radical (unpaired) electrons. The number of carbonyl (C=O) groups is 1. The molecule has 2 aliphatic carbocycles. The number of halogens is 3. The van der Waals surface area contributed by atoms with Crippen LogP contribution in [0.2, 0.25) is 5.02 Å². The molecular formula is C30H35ClF2N2OS. The van der Waals surface area contributed by atoms with Gasteiger partial charge in [0.2, 0.25) is 5.91 Å². The molecule has 0 spiro atoms. The van der Waals surface area contributed by atoms with Crippen LogP contribution >= 0.6 is 23.5 Å². The Morgan fingerprint density at radius 3 is 2.49 bits per heavy atom. The third-order valence-corrected chi connectivity index (χ3v) is 9.54. The molecular weight excluding hydrogens is 510 g/mol. The van der Waals surface area contributed by atoms with E-state index in [-0.39, 0.29) is 17.7 Å². The fourth-order valence-electron chi connectivity index (χ4n) is 6.05. The summed E-state index contributed by atoms with van der Waals surface area (Å²) in [7, 11) is 0. The van der Waals surface area contributed by atoms with Crippen molar-refractivity contribution < 1.29 is 13.6 Å². The van der Waals surface area contributed by atoms with Gasteiger partial charge >= 0.3 is 0 Å². The number of hydrogen-bond donors (Lipinski definition) is 0. The van der Waals surface area contributed by atoms with Crippen LogP contribution in [-0.4, -0.2) is 36.7 Å². The Morgan fingerprint density at radius 1 is 1.11 bits per heavy atom. The maximum Gasteiger partial charge on any atom is 0.226 e. The highest BCUT2D eigenvalue weighted by molar-refractivity contribution is 7.99. The van der Waals surface area contributed by atoms with E-state index in [0.29, 0.717) is 37.4 Å². The molecule has 2 aromatic rings. The Kier molecular flexibility index (Phi) is 7.88. The molecule has 1 heterocycles. The maximum absolute atomic E-state index is 14.6. The minimum atomic E-state index is -0.601. The van der Waals surface area contributed by atoms with Gasteiger partial charge in [0.15, 0.2) is 0 Å². The summed E-state index contributed by atoms with van der Waals surface area (Å²) in [6.45, 7) is 8.54. The lowest BCUT2D eigenvalue weighted by atomic mass is 9.85. The number of rotatable bonds is 7. The third kappa shape index (κ3) is 5.70. The van der Waals surface area contributed by atoms with Crippen molar-refractivity contribution in [3.8, 4) is 0 Å². The van der Waals surface area contributed by atoms with Gasteiger partial charge in [-0.1, -0.05) is 41.8 Å². The van der Waals surface area contributed by atoms with E-state index in [1.54, 1.807) is 11.9 Å². The lowest BCUT2D eigenvalue weighted by Crippen LogP contribution is -2.42. The van der Waals surface area contributed by atoms with Crippen LogP contribution in [0.25, 0.3) is 0 Å². The number of nitrogens with zero attached hydrogens (tertiary/aromatic N) is 2. The summed E-state index contributed by atoms with van der Waals surface area (Å²) in [4.78, 5) is 15.6. The molecule has 0 bridgehead atoms. The number of allylic oxidation sites excluding steroid dienone is 1. The monoisotopic (exact) mass is 544 g/mol. The highest BCUT2D eigenvalue weighted by Crippen LogP contribution is 2.46. The standard InChI is InChI=1S/C30H35ClF2N2OS/c1-18-12-25(23-7-6-22(32)15-28(23)33)26(13-18)30(36)34-10-8-21(9-11-34)24-16-27(31)19(2)14-29(24)35(37-3)17-20-4-5-20/h6-7,14-16,20-21,25-26H,1,4-5,8-13,17H2,2-3H3/t25-,26?/m0/s1. The van der Waals surface area contributed by atoms with Crippen molar-refractivity contribution in [1.82, 2.24) is 4.90 Å². The first-order valence-corrected chi connectivity index (χ1v) is 14.8. The van der Waals surface area contributed by atoms with Gasteiger partial charge in [0.05, 0.1) is 5.69 Å². The highest BCUT2D eigenvalue weighted by atomic mass is 35.5. The molecule has 1 aliphatic heterocycles. The van der Waals surface area contributed by atoms with Crippen LogP contribution in [0, 0.1) is 30.4 Å². The van der Waals surface area contributed by atoms with Crippen LogP contribution in [-0.2, 0) is 4.79 Å². The first-order chi connectivity index (χ1) is 17.7. The van der Waals surface area contributed by atoms with Gasteiger partial charge in [-0.05, 0) is 92.2 Å². The van der Waals surface area contributed by atoms with Crippen LogP contribution in [0.4, 0.5) is 14.5 Å². The van der Waals surface area contributed by atoms with Crippen molar-refractivity contribution in [1.29, 1.82) is 0 Å². The van der Waals surface area contributed by atoms with Gasteiger partial charge in [-0.2, -0.15) is 0 Å².